The molecule has 0 atom stereocenters. The molecule has 20 heavy (non-hydrogen) atoms. The van der Waals surface area contributed by atoms with Gasteiger partial charge in [-0.3, -0.25) is 4.79 Å². The monoisotopic (exact) mass is 278 g/mol. The predicted molar refractivity (Wildman–Crippen MR) is 71.5 cm³/mol. The highest BCUT2D eigenvalue weighted by Crippen LogP contribution is 2.42. The molecule has 0 saturated carbocycles. The third-order valence-corrected chi connectivity index (χ3v) is 3.00. The SMILES string of the molecule is COc1cc(O)c2c(O)c(C(=O)CCO)c(O)cc2c1. The zero-order valence-electron chi connectivity index (χ0n) is 10.8. The van der Waals surface area contributed by atoms with Gasteiger partial charge in [-0.25, -0.2) is 0 Å². The minimum absolute atomic E-state index is 0.0462. The first-order valence-corrected chi connectivity index (χ1v) is 5.89. The van der Waals surface area contributed by atoms with Gasteiger partial charge in [-0.15, -0.1) is 0 Å². The van der Waals surface area contributed by atoms with Crippen LogP contribution in [0.5, 0.6) is 23.0 Å². The van der Waals surface area contributed by atoms with Crippen molar-refractivity contribution in [1.82, 2.24) is 0 Å². The van der Waals surface area contributed by atoms with E-state index in [-0.39, 0.29) is 23.1 Å². The van der Waals surface area contributed by atoms with E-state index in [2.05, 4.69) is 0 Å². The zero-order chi connectivity index (χ0) is 14.9. The van der Waals surface area contributed by atoms with Crippen LogP contribution in [0.1, 0.15) is 16.8 Å². The number of ketones is 1. The lowest BCUT2D eigenvalue weighted by Gasteiger charge is -2.12. The molecular weight excluding hydrogens is 264 g/mol. The van der Waals surface area contributed by atoms with Crippen LogP contribution in [0.15, 0.2) is 18.2 Å². The molecule has 0 fully saturated rings. The number of aliphatic hydroxyl groups excluding tert-OH is 1. The van der Waals surface area contributed by atoms with Gasteiger partial charge in [-0.1, -0.05) is 0 Å². The molecule has 0 aliphatic carbocycles. The van der Waals surface area contributed by atoms with E-state index in [0.717, 1.165) is 0 Å². The van der Waals surface area contributed by atoms with Gasteiger partial charge >= 0.3 is 0 Å². The number of benzene rings is 2. The lowest BCUT2D eigenvalue weighted by Crippen LogP contribution is -2.03. The van der Waals surface area contributed by atoms with Crippen LogP contribution in [0.25, 0.3) is 10.8 Å². The lowest BCUT2D eigenvalue weighted by atomic mass is 9.99. The van der Waals surface area contributed by atoms with Crippen molar-refractivity contribution in [3.05, 3.63) is 23.8 Å². The molecule has 4 N–H and O–H groups in total. The molecule has 106 valence electrons. The molecule has 0 aliphatic heterocycles. The van der Waals surface area contributed by atoms with Crippen molar-refractivity contribution in [1.29, 1.82) is 0 Å². The van der Waals surface area contributed by atoms with Crippen LogP contribution in [0.2, 0.25) is 0 Å². The maximum absolute atomic E-state index is 11.8. The number of phenolic OH excluding ortho intramolecular Hbond substituents is 3. The minimum atomic E-state index is -0.611. The van der Waals surface area contributed by atoms with Gasteiger partial charge in [0, 0.05) is 12.5 Å². The Kier molecular flexibility index (Phi) is 3.67. The van der Waals surface area contributed by atoms with E-state index in [0.29, 0.717) is 11.1 Å². The number of aromatic hydroxyl groups is 3. The van der Waals surface area contributed by atoms with Crippen LogP contribution >= 0.6 is 0 Å². The molecule has 6 heteroatoms. The molecule has 6 nitrogen and oxygen atoms in total. The molecule has 2 aromatic rings. The fraction of sp³-hybridized carbons (Fsp3) is 0.214. The maximum atomic E-state index is 11.8. The number of ether oxygens (including phenoxy) is 1. The highest BCUT2D eigenvalue weighted by molar-refractivity contribution is 6.09. The molecule has 0 radical (unpaired) electrons. The molecule has 0 heterocycles. The summed E-state index contributed by atoms with van der Waals surface area (Å²) in [5, 5.41) is 39.0. The van der Waals surface area contributed by atoms with Crippen LogP contribution in [0.3, 0.4) is 0 Å². The van der Waals surface area contributed by atoms with Gasteiger partial charge in [0.05, 0.1) is 19.1 Å². The molecule has 0 aliphatic rings. The summed E-state index contributed by atoms with van der Waals surface area (Å²) in [6.45, 7) is -0.398. The zero-order valence-corrected chi connectivity index (χ0v) is 10.8. The van der Waals surface area contributed by atoms with E-state index in [1.165, 1.54) is 25.3 Å². The van der Waals surface area contributed by atoms with Crippen molar-refractivity contribution in [2.24, 2.45) is 0 Å². The Morgan fingerprint density at radius 1 is 1.15 bits per heavy atom. The van der Waals surface area contributed by atoms with Gasteiger partial charge in [-0.05, 0) is 17.5 Å². The first kappa shape index (κ1) is 14.0. The van der Waals surface area contributed by atoms with Crippen molar-refractivity contribution in [3.8, 4) is 23.0 Å². The molecule has 0 unspecified atom stereocenters. The Bertz CT molecular complexity index is 677. The predicted octanol–water partition coefficient (Wildman–Crippen LogP) is 1.53. The number of methoxy groups -OCH3 is 1. The number of carbonyl (C=O) groups excluding carboxylic acids is 1. The van der Waals surface area contributed by atoms with Gasteiger partial charge in [0.2, 0.25) is 0 Å². The van der Waals surface area contributed by atoms with Gasteiger partial charge in [0.25, 0.3) is 0 Å². The number of phenols is 3. The smallest absolute Gasteiger partial charge is 0.172 e. The van der Waals surface area contributed by atoms with Gasteiger partial charge in [-0.2, -0.15) is 0 Å². The van der Waals surface area contributed by atoms with Crippen LogP contribution in [-0.2, 0) is 0 Å². The number of hydrogen-bond acceptors (Lipinski definition) is 6. The molecule has 0 aromatic heterocycles. The summed E-state index contributed by atoms with van der Waals surface area (Å²) in [6, 6.07) is 4.05. The fourth-order valence-electron chi connectivity index (χ4n) is 2.08. The van der Waals surface area contributed by atoms with E-state index in [1.807, 2.05) is 0 Å². The summed E-state index contributed by atoms with van der Waals surface area (Å²) in [5.41, 5.74) is -0.313. The number of rotatable bonds is 4. The molecule has 2 aromatic carbocycles. The summed E-state index contributed by atoms with van der Waals surface area (Å²) in [6.07, 6.45) is -0.233. The summed E-state index contributed by atoms with van der Waals surface area (Å²) in [5.74, 6) is -1.46. The molecule has 0 saturated heterocycles. The van der Waals surface area contributed by atoms with Gasteiger partial charge in [0.1, 0.15) is 28.6 Å². The second-order valence-corrected chi connectivity index (χ2v) is 4.26. The Balaban J connectivity index is 2.75. The highest BCUT2D eigenvalue weighted by atomic mass is 16.5. The first-order chi connectivity index (χ1) is 9.49. The van der Waals surface area contributed by atoms with Crippen LogP contribution in [0, 0.1) is 0 Å². The van der Waals surface area contributed by atoms with E-state index in [9.17, 15) is 20.1 Å². The molecule has 0 spiro atoms. The lowest BCUT2D eigenvalue weighted by molar-refractivity contribution is 0.0951. The van der Waals surface area contributed by atoms with Crippen LogP contribution in [-0.4, -0.2) is 39.9 Å². The van der Waals surface area contributed by atoms with E-state index >= 15 is 0 Å². The van der Waals surface area contributed by atoms with E-state index < -0.39 is 23.9 Å². The van der Waals surface area contributed by atoms with Crippen LogP contribution < -0.4 is 4.74 Å². The number of aliphatic hydroxyl groups is 1. The minimum Gasteiger partial charge on any atom is -0.507 e. The topological polar surface area (TPSA) is 107 Å². The van der Waals surface area contributed by atoms with Crippen molar-refractivity contribution < 1.29 is 30.0 Å². The average Bonchev–Trinajstić information content (AvgIpc) is 2.37. The molecule has 2 rings (SSSR count). The standard InChI is InChI=1S/C14H14O6/c1-20-8-4-7-5-10(17)13(9(16)2-3-15)14(19)12(7)11(18)6-8/h4-6,15,17-19H,2-3H2,1H3. The molecule has 0 amide bonds. The average molecular weight is 278 g/mol. The Labute approximate surface area is 114 Å². The van der Waals surface area contributed by atoms with Crippen molar-refractivity contribution >= 4 is 16.6 Å². The van der Waals surface area contributed by atoms with E-state index in [4.69, 9.17) is 9.84 Å². The number of hydrogen-bond donors (Lipinski definition) is 4. The first-order valence-electron chi connectivity index (χ1n) is 5.89. The van der Waals surface area contributed by atoms with Crippen molar-refractivity contribution in [2.75, 3.05) is 13.7 Å². The number of Topliss-reactive ketones (excluding diaryl/α,β-unsaturated/α-hetero) is 1. The fourth-order valence-corrected chi connectivity index (χ4v) is 2.08. The second kappa shape index (κ2) is 5.26. The van der Waals surface area contributed by atoms with Gasteiger partial charge < -0.3 is 25.2 Å². The van der Waals surface area contributed by atoms with Crippen molar-refractivity contribution in [3.63, 3.8) is 0 Å². The Morgan fingerprint density at radius 3 is 2.45 bits per heavy atom. The third kappa shape index (κ3) is 2.21. The summed E-state index contributed by atoms with van der Waals surface area (Å²) < 4.78 is 4.98. The van der Waals surface area contributed by atoms with Crippen molar-refractivity contribution in [2.45, 2.75) is 6.42 Å². The normalized spacial score (nSPS) is 10.7. The summed E-state index contributed by atoms with van der Waals surface area (Å²) >= 11 is 0. The Morgan fingerprint density at radius 2 is 1.85 bits per heavy atom. The molecular formula is C14H14O6. The second-order valence-electron chi connectivity index (χ2n) is 4.26. The maximum Gasteiger partial charge on any atom is 0.172 e. The molecule has 0 bridgehead atoms. The quantitative estimate of drug-likeness (QED) is 0.632. The highest BCUT2D eigenvalue weighted by Gasteiger charge is 2.21. The third-order valence-electron chi connectivity index (χ3n) is 3.00. The van der Waals surface area contributed by atoms with E-state index in [1.54, 1.807) is 0 Å². The Hall–Kier alpha value is -2.47. The number of fused-ring (bicyclic) bond motifs is 1. The van der Waals surface area contributed by atoms with Crippen LogP contribution in [0.4, 0.5) is 0 Å². The number of carbonyl (C=O) groups is 1. The summed E-state index contributed by atoms with van der Waals surface area (Å²) in [7, 11) is 1.42. The van der Waals surface area contributed by atoms with Gasteiger partial charge in [0.15, 0.2) is 5.78 Å². The largest absolute Gasteiger partial charge is 0.507 e. The summed E-state index contributed by atoms with van der Waals surface area (Å²) in [4.78, 5) is 11.8.